The molecule has 0 atom stereocenters. The molecule has 1 saturated carbocycles. The number of hydrogen-bond donors (Lipinski definition) is 1. The van der Waals surface area contributed by atoms with E-state index in [0.29, 0.717) is 11.7 Å². The SMILES string of the molecule is CCCCCC1CCC(COc2ccccc2O)CC1. The second-order valence-electron chi connectivity index (χ2n) is 6.16. The van der Waals surface area contributed by atoms with Gasteiger partial charge in [0.25, 0.3) is 0 Å². The van der Waals surface area contributed by atoms with E-state index in [1.807, 2.05) is 18.2 Å². The van der Waals surface area contributed by atoms with Crippen LogP contribution in [-0.2, 0) is 0 Å². The Labute approximate surface area is 123 Å². The van der Waals surface area contributed by atoms with Gasteiger partial charge in [0.2, 0.25) is 0 Å². The molecule has 20 heavy (non-hydrogen) atoms. The molecule has 2 rings (SSSR count). The molecule has 0 aliphatic heterocycles. The molecular weight excluding hydrogens is 248 g/mol. The van der Waals surface area contributed by atoms with Gasteiger partial charge >= 0.3 is 0 Å². The molecule has 0 spiro atoms. The van der Waals surface area contributed by atoms with Crippen LogP contribution in [0.1, 0.15) is 58.3 Å². The molecule has 1 aliphatic carbocycles. The predicted molar refractivity (Wildman–Crippen MR) is 83.2 cm³/mol. The molecule has 0 unspecified atom stereocenters. The van der Waals surface area contributed by atoms with E-state index in [1.165, 1.54) is 51.4 Å². The lowest BCUT2D eigenvalue weighted by Gasteiger charge is -2.28. The maximum Gasteiger partial charge on any atom is 0.160 e. The van der Waals surface area contributed by atoms with Crippen LogP contribution in [-0.4, -0.2) is 11.7 Å². The average molecular weight is 276 g/mol. The first-order chi connectivity index (χ1) is 9.79. The topological polar surface area (TPSA) is 29.5 Å². The third-order valence-corrected chi connectivity index (χ3v) is 4.52. The van der Waals surface area contributed by atoms with Gasteiger partial charge < -0.3 is 9.84 Å². The van der Waals surface area contributed by atoms with E-state index < -0.39 is 0 Å². The summed E-state index contributed by atoms with van der Waals surface area (Å²) in [5.74, 6) is 2.48. The van der Waals surface area contributed by atoms with Crippen molar-refractivity contribution in [3.8, 4) is 11.5 Å². The van der Waals surface area contributed by atoms with Crippen LogP contribution in [0.4, 0.5) is 0 Å². The number of para-hydroxylation sites is 2. The van der Waals surface area contributed by atoms with Crippen molar-refractivity contribution in [2.75, 3.05) is 6.61 Å². The zero-order valence-corrected chi connectivity index (χ0v) is 12.7. The van der Waals surface area contributed by atoms with Crippen molar-refractivity contribution in [2.24, 2.45) is 11.8 Å². The second kappa shape index (κ2) is 8.18. The van der Waals surface area contributed by atoms with Gasteiger partial charge in [0.15, 0.2) is 11.5 Å². The summed E-state index contributed by atoms with van der Waals surface area (Å²) >= 11 is 0. The highest BCUT2D eigenvalue weighted by atomic mass is 16.5. The molecule has 0 saturated heterocycles. The van der Waals surface area contributed by atoms with Gasteiger partial charge in [-0.1, -0.05) is 57.6 Å². The number of benzene rings is 1. The van der Waals surface area contributed by atoms with Crippen LogP contribution in [0.5, 0.6) is 11.5 Å². The van der Waals surface area contributed by atoms with Crippen molar-refractivity contribution >= 4 is 0 Å². The van der Waals surface area contributed by atoms with Gasteiger partial charge in [-0.15, -0.1) is 0 Å². The van der Waals surface area contributed by atoms with Crippen LogP contribution in [0.15, 0.2) is 24.3 Å². The molecule has 1 aromatic rings. The summed E-state index contributed by atoms with van der Waals surface area (Å²) in [6.45, 7) is 3.02. The summed E-state index contributed by atoms with van der Waals surface area (Å²) in [6.07, 6.45) is 10.8. The van der Waals surface area contributed by atoms with Crippen LogP contribution in [0.25, 0.3) is 0 Å². The first-order valence-corrected chi connectivity index (χ1v) is 8.20. The number of rotatable bonds is 7. The van der Waals surface area contributed by atoms with E-state index in [2.05, 4.69) is 6.92 Å². The molecule has 0 heterocycles. The number of aromatic hydroxyl groups is 1. The number of phenols is 1. The Hall–Kier alpha value is -1.18. The first kappa shape index (κ1) is 15.2. The Morgan fingerprint density at radius 2 is 1.75 bits per heavy atom. The lowest BCUT2D eigenvalue weighted by Crippen LogP contribution is -2.20. The summed E-state index contributed by atoms with van der Waals surface area (Å²) in [5, 5.41) is 9.68. The normalized spacial score (nSPS) is 22.6. The summed E-state index contributed by atoms with van der Waals surface area (Å²) < 4.78 is 5.76. The molecule has 112 valence electrons. The molecule has 0 aromatic heterocycles. The van der Waals surface area contributed by atoms with E-state index in [9.17, 15) is 5.11 Å². The Morgan fingerprint density at radius 1 is 1.05 bits per heavy atom. The first-order valence-electron chi connectivity index (χ1n) is 8.20. The van der Waals surface area contributed by atoms with E-state index in [4.69, 9.17) is 4.74 Å². The Morgan fingerprint density at radius 3 is 2.45 bits per heavy atom. The fourth-order valence-corrected chi connectivity index (χ4v) is 3.16. The van der Waals surface area contributed by atoms with Crippen molar-refractivity contribution < 1.29 is 9.84 Å². The Kier molecular flexibility index (Phi) is 6.23. The number of phenolic OH excluding ortho intramolecular Hbond substituents is 1. The maximum absolute atomic E-state index is 9.68. The van der Waals surface area contributed by atoms with Crippen molar-refractivity contribution in [2.45, 2.75) is 58.3 Å². The molecule has 2 heteroatoms. The van der Waals surface area contributed by atoms with E-state index in [-0.39, 0.29) is 5.75 Å². The van der Waals surface area contributed by atoms with Gasteiger partial charge in [0.1, 0.15) is 0 Å². The standard InChI is InChI=1S/C18H28O2/c1-2-3-4-7-15-10-12-16(13-11-15)14-20-18-9-6-5-8-17(18)19/h5-6,8-9,15-16,19H,2-4,7,10-14H2,1H3. The van der Waals surface area contributed by atoms with Crippen LogP contribution >= 0.6 is 0 Å². The molecule has 0 radical (unpaired) electrons. The van der Waals surface area contributed by atoms with E-state index in [0.717, 1.165) is 12.5 Å². The minimum atomic E-state index is 0.251. The molecule has 0 bridgehead atoms. The molecule has 1 N–H and O–H groups in total. The molecule has 1 aromatic carbocycles. The van der Waals surface area contributed by atoms with Gasteiger partial charge in [0.05, 0.1) is 6.61 Å². The van der Waals surface area contributed by atoms with Crippen molar-refractivity contribution in [3.05, 3.63) is 24.3 Å². The Bertz CT molecular complexity index is 381. The predicted octanol–water partition coefficient (Wildman–Crippen LogP) is 5.16. The molecule has 0 amide bonds. The third kappa shape index (κ3) is 4.73. The van der Waals surface area contributed by atoms with Crippen LogP contribution in [0.2, 0.25) is 0 Å². The minimum absolute atomic E-state index is 0.251. The van der Waals surface area contributed by atoms with Gasteiger partial charge in [-0.3, -0.25) is 0 Å². The number of hydrogen-bond acceptors (Lipinski definition) is 2. The summed E-state index contributed by atoms with van der Waals surface area (Å²) in [7, 11) is 0. The second-order valence-corrected chi connectivity index (χ2v) is 6.16. The molecular formula is C18H28O2. The zero-order valence-electron chi connectivity index (χ0n) is 12.7. The van der Waals surface area contributed by atoms with Gasteiger partial charge in [0, 0.05) is 0 Å². The molecule has 1 aliphatic rings. The lowest BCUT2D eigenvalue weighted by atomic mass is 9.80. The largest absolute Gasteiger partial charge is 0.504 e. The van der Waals surface area contributed by atoms with Gasteiger partial charge in [-0.2, -0.15) is 0 Å². The van der Waals surface area contributed by atoms with Crippen molar-refractivity contribution in [1.29, 1.82) is 0 Å². The smallest absolute Gasteiger partial charge is 0.160 e. The number of unbranched alkanes of at least 4 members (excludes halogenated alkanes) is 2. The Balaban J connectivity index is 1.66. The molecule has 2 nitrogen and oxygen atoms in total. The maximum atomic E-state index is 9.68. The van der Waals surface area contributed by atoms with Crippen molar-refractivity contribution in [1.82, 2.24) is 0 Å². The summed E-state index contributed by atoms with van der Waals surface area (Å²) in [5.41, 5.74) is 0. The monoisotopic (exact) mass is 276 g/mol. The van der Waals surface area contributed by atoms with E-state index >= 15 is 0 Å². The minimum Gasteiger partial charge on any atom is -0.504 e. The quantitative estimate of drug-likeness (QED) is 0.697. The van der Waals surface area contributed by atoms with Crippen LogP contribution in [0.3, 0.4) is 0 Å². The van der Waals surface area contributed by atoms with Crippen LogP contribution < -0.4 is 4.74 Å². The van der Waals surface area contributed by atoms with Gasteiger partial charge in [-0.25, -0.2) is 0 Å². The fourth-order valence-electron chi connectivity index (χ4n) is 3.16. The lowest BCUT2D eigenvalue weighted by molar-refractivity contribution is 0.174. The fraction of sp³-hybridized carbons (Fsp3) is 0.667. The highest BCUT2D eigenvalue weighted by molar-refractivity contribution is 5.37. The van der Waals surface area contributed by atoms with Gasteiger partial charge in [-0.05, 0) is 36.8 Å². The van der Waals surface area contributed by atoms with E-state index in [1.54, 1.807) is 6.07 Å². The third-order valence-electron chi connectivity index (χ3n) is 4.52. The van der Waals surface area contributed by atoms with Crippen LogP contribution in [0, 0.1) is 11.8 Å². The highest BCUT2D eigenvalue weighted by Gasteiger charge is 2.21. The average Bonchev–Trinajstić information content (AvgIpc) is 2.48. The number of ether oxygens (including phenoxy) is 1. The zero-order chi connectivity index (χ0) is 14.2. The summed E-state index contributed by atoms with van der Waals surface area (Å²) in [6, 6.07) is 7.25. The van der Waals surface area contributed by atoms with Crippen molar-refractivity contribution in [3.63, 3.8) is 0 Å². The molecule has 1 fully saturated rings. The highest BCUT2D eigenvalue weighted by Crippen LogP contribution is 2.33. The summed E-state index contributed by atoms with van der Waals surface area (Å²) in [4.78, 5) is 0.